The fraction of sp³-hybridized carbons (Fsp3) is 0.269. The van der Waals surface area contributed by atoms with Crippen molar-refractivity contribution in [2.24, 2.45) is 5.92 Å². The summed E-state index contributed by atoms with van der Waals surface area (Å²) < 4.78 is 12.7. The van der Waals surface area contributed by atoms with E-state index in [1.54, 1.807) is 12.1 Å². The van der Waals surface area contributed by atoms with Crippen LogP contribution in [-0.4, -0.2) is 12.5 Å². The van der Waals surface area contributed by atoms with Gasteiger partial charge in [0.05, 0.1) is 16.7 Å². The van der Waals surface area contributed by atoms with Crippen LogP contribution in [0.3, 0.4) is 0 Å². The van der Waals surface area contributed by atoms with Crippen molar-refractivity contribution < 1.29 is 14.3 Å². The Bertz CT molecular complexity index is 1140. The maximum Gasteiger partial charge on any atom is 0.226 e. The molecule has 2 N–H and O–H groups in total. The first-order chi connectivity index (χ1) is 16.3. The molecule has 0 radical (unpaired) electrons. The zero-order chi connectivity index (χ0) is 24.7. The van der Waals surface area contributed by atoms with Crippen LogP contribution in [0.15, 0.2) is 59.1 Å². The summed E-state index contributed by atoms with van der Waals surface area (Å²) in [6.07, 6.45) is 0. The topological polar surface area (TPSA) is 59.6 Å². The average molecular weight is 566 g/mol. The zero-order valence-electron chi connectivity index (χ0n) is 19.3. The van der Waals surface area contributed by atoms with Crippen molar-refractivity contribution in [1.29, 1.82) is 0 Å². The van der Waals surface area contributed by atoms with Crippen molar-refractivity contribution in [2.45, 2.75) is 33.9 Å². The summed E-state index contributed by atoms with van der Waals surface area (Å²) in [7, 11) is 0. The summed E-state index contributed by atoms with van der Waals surface area (Å²) in [5.74, 6) is 1.23. The van der Waals surface area contributed by atoms with Gasteiger partial charge in [-0.3, -0.25) is 4.79 Å². The van der Waals surface area contributed by atoms with Gasteiger partial charge in [-0.25, -0.2) is 0 Å². The van der Waals surface area contributed by atoms with Crippen molar-refractivity contribution in [3.63, 3.8) is 0 Å². The highest BCUT2D eigenvalue weighted by Crippen LogP contribution is 2.35. The number of benzene rings is 3. The molecule has 0 heterocycles. The normalized spacial score (nSPS) is 10.8. The lowest BCUT2D eigenvalue weighted by Crippen LogP contribution is -2.17. The molecule has 0 saturated heterocycles. The minimum absolute atomic E-state index is 0.00504. The maximum absolute atomic E-state index is 11.8. The number of anilines is 2. The van der Waals surface area contributed by atoms with E-state index in [0.29, 0.717) is 41.3 Å². The monoisotopic (exact) mass is 564 g/mol. The molecule has 0 bridgehead atoms. The molecular weight excluding hydrogens is 539 g/mol. The predicted molar refractivity (Wildman–Crippen MR) is 143 cm³/mol. The van der Waals surface area contributed by atoms with E-state index in [9.17, 15) is 4.79 Å². The lowest BCUT2D eigenvalue weighted by molar-refractivity contribution is -0.118. The van der Waals surface area contributed by atoms with Crippen LogP contribution in [0.25, 0.3) is 0 Å². The highest BCUT2D eigenvalue weighted by molar-refractivity contribution is 9.10. The summed E-state index contributed by atoms with van der Waals surface area (Å²) in [6.45, 7) is 7.09. The quantitative estimate of drug-likeness (QED) is 0.262. The molecule has 0 aromatic heterocycles. The molecule has 0 fully saturated rings. The third-order valence-electron chi connectivity index (χ3n) is 4.95. The Hall–Kier alpha value is -2.41. The number of carbonyl (C=O) groups excluding carboxylic acids is 1. The van der Waals surface area contributed by atoms with Crippen molar-refractivity contribution in [1.82, 2.24) is 0 Å². The standard InChI is InChI=1S/C26H27BrCl2N2O3/c1-4-33-24-12-18(14-30-19-6-8-20(9-7-19)31-26(32)16(2)3)21(27)13-25(24)34-15-17-5-10-22(28)23(29)11-17/h5-13,16,30H,4,14-15H2,1-3H3,(H,31,32). The van der Waals surface area contributed by atoms with Crippen LogP contribution in [-0.2, 0) is 17.9 Å². The average Bonchev–Trinajstić information content (AvgIpc) is 2.81. The highest BCUT2D eigenvalue weighted by Gasteiger charge is 2.12. The summed E-state index contributed by atoms with van der Waals surface area (Å²) in [4.78, 5) is 11.8. The minimum atomic E-state index is -0.0642. The number of amides is 1. The molecule has 0 unspecified atom stereocenters. The van der Waals surface area contributed by atoms with Crippen LogP contribution in [0, 0.1) is 5.92 Å². The molecule has 0 aliphatic rings. The van der Waals surface area contributed by atoms with Gasteiger partial charge in [0.25, 0.3) is 0 Å². The second-order valence-electron chi connectivity index (χ2n) is 7.94. The van der Waals surface area contributed by atoms with Crippen LogP contribution < -0.4 is 20.1 Å². The van der Waals surface area contributed by atoms with E-state index in [1.165, 1.54) is 0 Å². The Kier molecular flexibility index (Phi) is 9.51. The smallest absolute Gasteiger partial charge is 0.226 e. The van der Waals surface area contributed by atoms with Crippen molar-refractivity contribution >= 4 is 56.4 Å². The maximum atomic E-state index is 11.8. The molecule has 0 aliphatic carbocycles. The first kappa shape index (κ1) is 26.2. The lowest BCUT2D eigenvalue weighted by atomic mass is 10.1. The van der Waals surface area contributed by atoms with Gasteiger partial charge in [0.2, 0.25) is 5.91 Å². The van der Waals surface area contributed by atoms with Gasteiger partial charge in [-0.2, -0.15) is 0 Å². The lowest BCUT2D eigenvalue weighted by Gasteiger charge is -2.16. The molecule has 3 aromatic carbocycles. The number of rotatable bonds is 10. The van der Waals surface area contributed by atoms with Crippen LogP contribution in [0.4, 0.5) is 11.4 Å². The first-order valence-corrected chi connectivity index (χ1v) is 12.5. The molecule has 3 rings (SSSR count). The minimum Gasteiger partial charge on any atom is -0.490 e. The SMILES string of the molecule is CCOc1cc(CNc2ccc(NC(=O)C(C)C)cc2)c(Br)cc1OCc1ccc(Cl)c(Cl)c1. The third kappa shape index (κ3) is 7.29. The third-order valence-corrected chi connectivity index (χ3v) is 6.43. The molecular formula is C26H27BrCl2N2O3. The van der Waals surface area contributed by atoms with E-state index in [2.05, 4.69) is 26.6 Å². The molecule has 1 amide bonds. The van der Waals surface area contributed by atoms with Gasteiger partial charge in [-0.15, -0.1) is 0 Å². The predicted octanol–water partition coefficient (Wildman–Crippen LogP) is 7.94. The van der Waals surface area contributed by atoms with Crippen molar-refractivity contribution in [2.75, 3.05) is 17.2 Å². The molecule has 5 nitrogen and oxygen atoms in total. The molecule has 180 valence electrons. The summed E-state index contributed by atoms with van der Waals surface area (Å²) in [6, 6.07) is 16.9. The first-order valence-electron chi connectivity index (χ1n) is 10.9. The molecule has 0 spiro atoms. The molecule has 0 atom stereocenters. The fourth-order valence-corrected chi connectivity index (χ4v) is 3.82. The molecule has 8 heteroatoms. The fourth-order valence-electron chi connectivity index (χ4n) is 3.04. The Balaban J connectivity index is 1.67. The Morgan fingerprint density at radius 1 is 0.941 bits per heavy atom. The van der Waals surface area contributed by atoms with Crippen molar-refractivity contribution in [3.8, 4) is 11.5 Å². The summed E-state index contributed by atoms with van der Waals surface area (Å²) in [5, 5.41) is 7.29. The number of halogens is 3. The number of carbonyl (C=O) groups is 1. The number of hydrogen-bond acceptors (Lipinski definition) is 4. The van der Waals surface area contributed by atoms with Gasteiger partial charge >= 0.3 is 0 Å². The zero-order valence-corrected chi connectivity index (χ0v) is 22.4. The van der Waals surface area contributed by atoms with E-state index in [1.807, 2.05) is 63.2 Å². The van der Waals surface area contributed by atoms with Gasteiger partial charge in [0.1, 0.15) is 6.61 Å². The van der Waals surface area contributed by atoms with Crippen LogP contribution >= 0.6 is 39.1 Å². The number of ether oxygens (including phenoxy) is 2. The van der Waals surface area contributed by atoms with Crippen molar-refractivity contribution in [3.05, 3.63) is 80.2 Å². The molecule has 34 heavy (non-hydrogen) atoms. The summed E-state index contributed by atoms with van der Waals surface area (Å²) >= 11 is 15.7. The molecule has 0 saturated carbocycles. The molecule has 0 aliphatic heterocycles. The van der Waals surface area contributed by atoms with E-state index >= 15 is 0 Å². The molecule has 3 aromatic rings. The highest BCUT2D eigenvalue weighted by atomic mass is 79.9. The Morgan fingerprint density at radius 3 is 2.26 bits per heavy atom. The van der Waals surface area contributed by atoms with E-state index in [0.717, 1.165) is 27.0 Å². The van der Waals surface area contributed by atoms with E-state index < -0.39 is 0 Å². The van der Waals surface area contributed by atoms with Crippen LogP contribution in [0.1, 0.15) is 31.9 Å². The second-order valence-corrected chi connectivity index (χ2v) is 9.60. The van der Waals surface area contributed by atoms with Gasteiger partial charge in [-0.05, 0) is 66.6 Å². The van der Waals surface area contributed by atoms with Crippen LogP contribution in [0.2, 0.25) is 10.0 Å². The van der Waals surface area contributed by atoms with Gasteiger partial charge in [0.15, 0.2) is 11.5 Å². The summed E-state index contributed by atoms with van der Waals surface area (Å²) in [5.41, 5.74) is 3.63. The van der Waals surface area contributed by atoms with Gasteiger partial charge in [-0.1, -0.05) is 59.0 Å². The number of hydrogen-bond donors (Lipinski definition) is 2. The van der Waals surface area contributed by atoms with E-state index in [4.69, 9.17) is 32.7 Å². The van der Waals surface area contributed by atoms with Gasteiger partial charge < -0.3 is 20.1 Å². The second kappa shape index (κ2) is 12.3. The van der Waals surface area contributed by atoms with E-state index in [-0.39, 0.29) is 11.8 Å². The Morgan fingerprint density at radius 2 is 1.62 bits per heavy atom. The Labute approximate surface area is 218 Å². The van der Waals surface area contributed by atoms with Gasteiger partial charge in [0, 0.05) is 28.3 Å². The number of nitrogens with one attached hydrogen (secondary N) is 2. The largest absolute Gasteiger partial charge is 0.490 e. The van der Waals surface area contributed by atoms with Crippen LogP contribution in [0.5, 0.6) is 11.5 Å².